The van der Waals surface area contributed by atoms with Crippen LogP contribution in [0.1, 0.15) is 23.2 Å². The minimum absolute atomic E-state index is 0.0139. The van der Waals surface area contributed by atoms with Gasteiger partial charge in [0, 0.05) is 48.9 Å². The molecule has 1 amide bonds. The molecule has 2 fully saturated rings. The summed E-state index contributed by atoms with van der Waals surface area (Å²) in [5.74, 6) is -3.50. The van der Waals surface area contributed by atoms with Crippen molar-refractivity contribution in [1.82, 2.24) is 10.2 Å². The van der Waals surface area contributed by atoms with Gasteiger partial charge in [-0.15, -0.1) is 0 Å². The molecule has 224 valence electrons. The standard InChI is InChI=1S/C24H28ClN3O6.C2HF3O2/c25-16-3-1-15(2-4-16)24(33)27-9-7-17(8-10-27)26-19-12-28(13-21(19)30)20-11-18(29)5-6-22(20)34-14-23(31)32;3-2(4,5)1(6)7/h1-6,11,17,19,21,26,29-30H,7-10,12-14H2,(H,31,32);(H,6,7)/t19-,21-;/m1./s1. The summed E-state index contributed by atoms with van der Waals surface area (Å²) in [5, 5.41) is 40.7. The van der Waals surface area contributed by atoms with E-state index in [1.165, 1.54) is 18.2 Å². The van der Waals surface area contributed by atoms with E-state index in [4.69, 9.17) is 31.3 Å². The molecule has 41 heavy (non-hydrogen) atoms. The van der Waals surface area contributed by atoms with E-state index >= 15 is 0 Å². The predicted molar refractivity (Wildman–Crippen MR) is 140 cm³/mol. The Morgan fingerprint density at radius 3 is 2.20 bits per heavy atom. The molecule has 2 atom stereocenters. The van der Waals surface area contributed by atoms with E-state index in [0.29, 0.717) is 48.2 Å². The molecule has 5 N–H and O–H groups in total. The molecule has 2 saturated heterocycles. The number of aliphatic hydroxyl groups excluding tert-OH is 1. The zero-order valence-corrected chi connectivity index (χ0v) is 22.3. The van der Waals surface area contributed by atoms with Gasteiger partial charge in [0.2, 0.25) is 0 Å². The molecule has 2 aromatic rings. The fraction of sp³-hybridized carbons (Fsp3) is 0.423. The number of phenols is 1. The van der Waals surface area contributed by atoms with Crippen molar-refractivity contribution in [1.29, 1.82) is 0 Å². The molecule has 2 heterocycles. The summed E-state index contributed by atoms with van der Waals surface area (Å²) in [6.07, 6.45) is -4.20. The number of ether oxygens (including phenoxy) is 1. The maximum atomic E-state index is 12.7. The number of carbonyl (C=O) groups excluding carboxylic acids is 1. The van der Waals surface area contributed by atoms with Crippen LogP contribution in [-0.4, -0.2) is 100 Å². The van der Waals surface area contributed by atoms with E-state index in [-0.39, 0.29) is 23.7 Å². The third-order valence-corrected chi connectivity index (χ3v) is 6.74. The lowest BCUT2D eigenvalue weighted by Crippen LogP contribution is -2.50. The number of β-amino-alcohol motifs (C(OH)–C–C–N with tert-alkyl or cyclic N) is 1. The number of hydrogen-bond acceptors (Lipinski definition) is 8. The molecule has 0 spiro atoms. The topological polar surface area (TPSA) is 160 Å². The highest BCUT2D eigenvalue weighted by Gasteiger charge is 2.38. The lowest BCUT2D eigenvalue weighted by Gasteiger charge is -2.34. The van der Waals surface area contributed by atoms with Gasteiger partial charge in [-0.2, -0.15) is 13.2 Å². The number of likely N-dealkylation sites (tertiary alicyclic amines) is 1. The van der Waals surface area contributed by atoms with Crippen LogP contribution in [0.2, 0.25) is 5.02 Å². The Morgan fingerprint density at radius 1 is 1.02 bits per heavy atom. The molecule has 2 aromatic carbocycles. The van der Waals surface area contributed by atoms with Gasteiger partial charge in [0.05, 0.1) is 17.8 Å². The van der Waals surface area contributed by atoms with Crippen LogP contribution < -0.4 is 15.0 Å². The Labute approximate surface area is 237 Å². The van der Waals surface area contributed by atoms with E-state index in [9.17, 15) is 33.0 Å². The van der Waals surface area contributed by atoms with Gasteiger partial charge in [-0.25, -0.2) is 9.59 Å². The monoisotopic (exact) mass is 603 g/mol. The number of alkyl halides is 3. The molecule has 2 aliphatic heterocycles. The highest BCUT2D eigenvalue weighted by atomic mass is 35.5. The molecule has 15 heteroatoms. The van der Waals surface area contributed by atoms with Crippen molar-refractivity contribution < 1.29 is 52.7 Å². The second-order valence-electron chi connectivity index (χ2n) is 9.46. The number of piperidine rings is 1. The van der Waals surface area contributed by atoms with Gasteiger partial charge in [0.15, 0.2) is 6.61 Å². The van der Waals surface area contributed by atoms with E-state index in [1.54, 1.807) is 24.3 Å². The van der Waals surface area contributed by atoms with Gasteiger partial charge < -0.3 is 40.3 Å². The Morgan fingerprint density at radius 2 is 1.63 bits per heavy atom. The predicted octanol–water partition coefficient (Wildman–Crippen LogP) is 2.59. The first-order valence-electron chi connectivity index (χ1n) is 12.5. The van der Waals surface area contributed by atoms with E-state index in [2.05, 4.69) is 5.32 Å². The molecular formula is C26H29ClF3N3O8. The molecule has 11 nitrogen and oxygen atoms in total. The third-order valence-electron chi connectivity index (χ3n) is 6.49. The average molecular weight is 604 g/mol. The number of aliphatic carboxylic acids is 2. The van der Waals surface area contributed by atoms with Gasteiger partial charge in [0.1, 0.15) is 11.5 Å². The lowest BCUT2D eigenvalue weighted by molar-refractivity contribution is -0.192. The van der Waals surface area contributed by atoms with Gasteiger partial charge in [-0.1, -0.05) is 11.6 Å². The molecule has 0 bridgehead atoms. The third kappa shape index (κ3) is 9.13. The van der Waals surface area contributed by atoms with E-state index < -0.39 is 30.8 Å². The molecule has 0 saturated carbocycles. The number of carboxylic acid groups (broad SMARTS) is 2. The number of nitrogens with zero attached hydrogens (tertiary/aromatic N) is 2. The van der Waals surface area contributed by atoms with Crippen LogP contribution in [0, 0.1) is 0 Å². The summed E-state index contributed by atoms with van der Waals surface area (Å²) >= 11 is 5.91. The first-order chi connectivity index (χ1) is 19.2. The molecule has 0 aromatic heterocycles. The Bertz CT molecular complexity index is 1220. The Hall–Kier alpha value is -3.75. The van der Waals surface area contributed by atoms with Crippen molar-refractivity contribution in [2.24, 2.45) is 0 Å². The summed E-state index contributed by atoms with van der Waals surface area (Å²) < 4.78 is 37.1. The first kappa shape index (κ1) is 31.8. The smallest absolute Gasteiger partial charge is 0.490 e. The number of phenolic OH excluding ortho intramolecular Hbond substituents is 1. The minimum atomic E-state index is -5.08. The van der Waals surface area contributed by atoms with Gasteiger partial charge in [-0.3, -0.25) is 4.79 Å². The van der Waals surface area contributed by atoms with Crippen LogP contribution >= 0.6 is 11.6 Å². The second-order valence-corrected chi connectivity index (χ2v) is 9.89. The fourth-order valence-electron chi connectivity index (χ4n) is 4.49. The summed E-state index contributed by atoms with van der Waals surface area (Å²) in [4.78, 5) is 36.2. The van der Waals surface area contributed by atoms with Gasteiger partial charge in [0.25, 0.3) is 5.91 Å². The highest BCUT2D eigenvalue weighted by Crippen LogP contribution is 2.34. The molecule has 2 aliphatic rings. The van der Waals surface area contributed by atoms with E-state index in [1.807, 2.05) is 9.80 Å². The largest absolute Gasteiger partial charge is 0.508 e. The molecular weight excluding hydrogens is 575 g/mol. The number of hydrogen-bond donors (Lipinski definition) is 5. The van der Waals surface area contributed by atoms with Crippen molar-refractivity contribution in [3.63, 3.8) is 0 Å². The van der Waals surface area contributed by atoms with Crippen LogP contribution in [0.25, 0.3) is 0 Å². The number of benzene rings is 2. The van der Waals surface area contributed by atoms with Crippen molar-refractivity contribution in [3.8, 4) is 11.5 Å². The number of halogens is 4. The molecule has 0 aliphatic carbocycles. The SMILES string of the molecule is O=C(O)C(F)(F)F.O=C(O)COc1ccc(O)cc1N1C[C@@H](O)[C@H](NC2CCN(C(=O)c3ccc(Cl)cc3)CC2)C1. The lowest BCUT2D eigenvalue weighted by atomic mass is 10.0. The van der Waals surface area contributed by atoms with Crippen molar-refractivity contribution in [2.75, 3.05) is 37.7 Å². The quantitative estimate of drug-likeness (QED) is 0.318. The minimum Gasteiger partial charge on any atom is -0.508 e. The number of amides is 1. The van der Waals surface area contributed by atoms with Crippen molar-refractivity contribution in [2.45, 2.75) is 37.2 Å². The zero-order valence-electron chi connectivity index (χ0n) is 21.6. The number of carboxylic acids is 2. The number of anilines is 1. The zero-order chi connectivity index (χ0) is 30.3. The van der Waals surface area contributed by atoms with Crippen LogP contribution in [0.3, 0.4) is 0 Å². The maximum absolute atomic E-state index is 12.7. The van der Waals surface area contributed by atoms with Crippen molar-refractivity contribution in [3.05, 3.63) is 53.1 Å². The average Bonchev–Trinajstić information content (AvgIpc) is 3.27. The van der Waals surface area contributed by atoms with Gasteiger partial charge in [-0.05, 0) is 49.2 Å². The molecule has 0 radical (unpaired) electrons. The normalized spacial score (nSPS) is 19.3. The first-order valence-corrected chi connectivity index (χ1v) is 12.8. The van der Waals surface area contributed by atoms with Crippen LogP contribution in [-0.2, 0) is 9.59 Å². The summed E-state index contributed by atoms with van der Waals surface area (Å²) in [7, 11) is 0. The Kier molecular flexibility index (Phi) is 10.7. The number of rotatable bonds is 7. The van der Waals surface area contributed by atoms with Crippen LogP contribution in [0.4, 0.5) is 18.9 Å². The highest BCUT2D eigenvalue weighted by molar-refractivity contribution is 6.30. The summed E-state index contributed by atoms with van der Waals surface area (Å²) in [5.41, 5.74) is 1.15. The number of carbonyl (C=O) groups is 3. The van der Waals surface area contributed by atoms with Crippen LogP contribution in [0.5, 0.6) is 11.5 Å². The number of aromatic hydroxyl groups is 1. The number of aliphatic hydroxyl groups is 1. The Balaban J connectivity index is 0.000000587. The fourth-order valence-corrected chi connectivity index (χ4v) is 4.61. The van der Waals surface area contributed by atoms with Crippen molar-refractivity contribution >= 4 is 35.1 Å². The molecule has 4 rings (SSSR count). The summed E-state index contributed by atoms with van der Waals surface area (Å²) in [6, 6.07) is 11.3. The number of nitrogens with one attached hydrogen (secondary N) is 1. The van der Waals surface area contributed by atoms with Gasteiger partial charge >= 0.3 is 18.1 Å². The maximum Gasteiger partial charge on any atom is 0.490 e. The second kappa shape index (κ2) is 13.7. The van der Waals surface area contributed by atoms with E-state index in [0.717, 1.165) is 12.8 Å². The summed E-state index contributed by atoms with van der Waals surface area (Å²) in [6.45, 7) is 1.52. The molecule has 0 unspecified atom stereocenters. The van der Waals surface area contributed by atoms with Crippen LogP contribution in [0.15, 0.2) is 42.5 Å².